The summed E-state index contributed by atoms with van der Waals surface area (Å²) in [4.78, 5) is 10.5. The van der Waals surface area contributed by atoms with Crippen molar-refractivity contribution in [2.45, 2.75) is 105 Å². The Hall–Kier alpha value is -8.37. The molecule has 84 heavy (non-hydrogen) atoms. The fraction of sp³-hybridized carbons (Fsp3) is 0.205. The Morgan fingerprint density at radius 1 is 0.298 bits per heavy atom. The van der Waals surface area contributed by atoms with Gasteiger partial charge in [-0.25, -0.2) is 0 Å². The average Bonchev–Trinajstić information content (AvgIpc) is 2.48. The van der Waals surface area contributed by atoms with Gasteiger partial charge in [0.05, 0.1) is 0 Å². The summed E-state index contributed by atoms with van der Waals surface area (Å²) >= 11 is -1.36. The van der Waals surface area contributed by atoms with E-state index in [1.165, 1.54) is 109 Å². The van der Waals surface area contributed by atoms with E-state index in [4.69, 9.17) is 4.74 Å². The second kappa shape index (κ2) is 18.6. The van der Waals surface area contributed by atoms with E-state index in [1.54, 1.807) is 0 Å². The second-order valence-electron chi connectivity index (χ2n) is 27.2. The van der Waals surface area contributed by atoms with Crippen molar-refractivity contribution >= 4 is 53.8 Å². The van der Waals surface area contributed by atoms with E-state index >= 15 is 0 Å². The van der Waals surface area contributed by atoms with Gasteiger partial charge in [0.15, 0.2) is 0 Å². The standard InChI is InChI=1S/C78H68N4O.Pt/c1-75(2,3)61-45-62(76(4,5)6)70-54-28-18-25-51(40-54)52-26-20-30-56(42-52)72-64(78(10,11)12)46-63(77(7,8)9)71-55-29-19-24-50(41-55)49-23-17-27-53(39-49)69(61)73(70)81-47-79(65-35-13-15-37-67(65)81)57-31-21-33-59(43-57)83-60-34-22-32-58(44-60)80-48-82(74(71)72)68-38-16-14-36-66(68)80;/h13-42,45-46H,1-12H3;/q-2;. The summed E-state index contributed by atoms with van der Waals surface area (Å²) in [5.74, 6) is 1.26. The van der Waals surface area contributed by atoms with Gasteiger partial charge in [-0.1, -0.05) is 0 Å². The molecule has 5 heterocycles. The van der Waals surface area contributed by atoms with Crippen molar-refractivity contribution in [3.05, 3.63) is 229 Å². The molecule has 0 amide bonds. The number of para-hydroxylation sites is 4. The molecule has 0 aliphatic carbocycles. The molecular formula is C78H68N4OPt-2. The second-order valence-corrected chi connectivity index (χ2v) is 29.8. The van der Waals surface area contributed by atoms with Crippen molar-refractivity contribution in [3.63, 3.8) is 0 Å². The van der Waals surface area contributed by atoms with Gasteiger partial charge in [-0.3, -0.25) is 0 Å². The molecule has 10 aromatic rings. The maximum absolute atomic E-state index is 6.96. The molecule has 10 aromatic carbocycles. The van der Waals surface area contributed by atoms with Crippen LogP contribution in [0.25, 0.3) is 66.8 Å². The van der Waals surface area contributed by atoms with Crippen LogP contribution in [0.2, 0.25) is 0 Å². The molecule has 0 saturated carbocycles. The number of rotatable bonds is 0. The Labute approximate surface area is 504 Å². The number of hydrogen-bond donors (Lipinski definition) is 0. The van der Waals surface area contributed by atoms with Gasteiger partial charge in [0.2, 0.25) is 0 Å². The molecular weight excluding hydrogens is 1200 g/mol. The topological polar surface area (TPSA) is 22.2 Å². The molecule has 15 rings (SSSR count). The molecule has 5 nitrogen and oxygen atoms in total. The minimum atomic E-state index is -1.36. The molecule has 5 aliphatic rings. The third-order valence-corrected chi connectivity index (χ3v) is 20.4. The fourth-order valence-corrected chi connectivity index (χ4v) is 17.0. The van der Waals surface area contributed by atoms with Crippen molar-refractivity contribution in [3.8, 4) is 78.3 Å². The molecule has 0 N–H and O–H groups in total. The van der Waals surface area contributed by atoms with Gasteiger partial charge in [0.25, 0.3) is 0 Å². The molecule has 0 spiro atoms. The van der Waals surface area contributed by atoms with Crippen molar-refractivity contribution < 1.29 is 22.4 Å². The molecule has 0 saturated heterocycles. The molecule has 5 aliphatic heterocycles. The summed E-state index contributed by atoms with van der Waals surface area (Å²) in [6, 6.07) is 81.8. The summed E-state index contributed by atoms with van der Waals surface area (Å²) in [6.07, 6.45) is 0. The van der Waals surface area contributed by atoms with Gasteiger partial charge in [0, 0.05) is 0 Å². The Morgan fingerprint density at radius 3 is 0.869 bits per heavy atom. The summed E-state index contributed by atoms with van der Waals surface area (Å²) < 4.78 is 9.31. The van der Waals surface area contributed by atoms with Crippen LogP contribution in [0.4, 0.5) is 45.5 Å². The number of fused-ring (bicyclic) bond motifs is 24. The van der Waals surface area contributed by atoms with Crippen molar-refractivity contribution in [1.82, 2.24) is 0 Å². The molecule has 6 heteroatoms. The first-order valence-electron chi connectivity index (χ1n) is 29.5. The minimum absolute atomic E-state index is 0.296. The number of ether oxygens (including phenoxy) is 1. The van der Waals surface area contributed by atoms with Crippen LogP contribution >= 0.6 is 0 Å². The number of anilines is 8. The normalized spacial score (nSPS) is 14.7. The first-order chi connectivity index (χ1) is 40.2. The molecule has 418 valence electrons. The molecule has 0 radical (unpaired) electrons. The molecule has 0 aromatic heterocycles. The van der Waals surface area contributed by atoms with E-state index in [1.807, 2.05) is 12.1 Å². The fourth-order valence-electron chi connectivity index (χ4n) is 13.4. The zero-order valence-corrected chi connectivity index (χ0v) is 52.3. The average molecular weight is 1270 g/mol. The van der Waals surface area contributed by atoms with E-state index in [9.17, 15) is 0 Å². The number of nitrogens with zero attached hydrogens (tertiary/aromatic N) is 4. The van der Waals surface area contributed by atoms with E-state index < -0.39 is 17.6 Å². The van der Waals surface area contributed by atoms with Crippen LogP contribution in [0.15, 0.2) is 194 Å². The third-order valence-electron chi connectivity index (χ3n) is 17.3. The number of benzene rings is 10. The summed E-state index contributed by atoms with van der Waals surface area (Å²) in [5.41, 5.74) is 26.8. The molecule has 0 fully saturated rings. The van der Waals surface area contributed by atoms with Crippen LogP contribution in [-0.2, 0) is 39.3 Å². The number of hydrogen-bond acceptors (Lipinski definition) is 5. The zero-order valence-electron chi connectivity index (χ0n) is 50.0. The summed E-state index contributed by atoms with van der Waals surface area (Å²) in [5, 5.41) is 0. The van der Waals surface area contributed by atoms with E-state index in [0.717, 1.165) is 34.1 Å². The molecule has 16 bridgehead atoms. The monoisotopic (exact) mass is 1270 g/mol. The molecule has 0 atom stereocenters. The summed E-state index contributed by atoms with van der Waals surface area (Å²) in [6.45, 7) is 28.8. The van der Waals surface area contributed by atoms with E-state index in [0.29, 0.717) is 11.5 Å². The molecule has 0 unspecified atom stereocenters. The third kappa shape index (κ3) is 8.20. The SMILES string of the molecule is CC(C)(C)c1cc(C(C)(C)C)c2c3c1-c1cccc(c1)-c1cccc(c1)-c1c(C(C)(C)C)cc(C(C)(C)C)c(c1N1[C]4=[Pt]=[C]5N(c6[c-]c(ccc6)Oc6[c-]c(ccc6)N4c4ccccc41)c1ccccc1N53)-c1cccc(c1)-c1cccc-2c1. The van der Waals surface area contributed by atoms with Crippen molar-refractivity contribution in [1.29, 1.82) is 0 Å². The first-order valence-corrected chi connectivity index (χ1v) is 31.8. The van der Waals surface area contributed by atoms with Gasteiger partial charge in [-0.2, -0.15) is 0 Å². The van der Waals surface area contributed by atoms with Gasteiger partial charge >= 0.3 is 507 Å². The van der Waals surface area contributed by atoms with Crippen molar-refractivity contribution in [2.24, 2.45) is 0 Å². The van der Waals surface area contributed by atoms with Gasteiger partial charge in [-0.05, 0) is 0 Å². The van der Waals surface area contributed by atoms with E-state index in [2.05, 4.69) is 297 Å². The van der Waals surface area contributed by atoms with Gasteiger partial charge in [0.1, 0.15) is 0 Å². The van der Waals surface area contributed by atoms with Crippen LogP contribution in [0.5, 0.6) is 11.5 Å². The predicted octanol–water partition coefficient (Wildman–Crippen LogP) is 20.7. The first kappa shape index (κ1) is 52.4. The van der Waals surface area contributed by atoms with Crippen LogP contribution < -0.4 is 24.3 Å². The Morgan fingerprint density at radius 2 is 0.571 bits per heavy atom. The Balaban J connectivity index is 1.30. The van der Waals surface area contributed by atoms with Gasteiger partial charge < -0.3 is 0 Å². The predicted molar refractivity (Wildman–Crippen MR) is 350 cm³/mol. The Kier molecular flexibility index (Phi) is 11.6. The van der Waals surface area contributed by atoms with Crippen molar-refractivity contribution in [2.75, 3.05) is 19.6 Å². The van der Waals surface area contributed by atoms with Crippen LogP contribution in [0.1, 0.15) is 105 Å². The summed E-state index contributed by atoms with van der Waals surface area (Å²) in [7, 11) is 0. The van der Waals surface area contributed by atoms with Crippen LogP contribution in [0, 0.1) is 12.1 Å². The van der Waals surface area contributed by atoms with Crippen LogP contribution in [0.3, 0.4) is 0 Å². The van der Waals surface area contributed by atoms with E-state index in [-0.39, 0.29) is 21.7 Å². The Bertz CT molecular complexity index is 4080. The quantitative estimate of drug-likeness (QED) is 0.141. The van der Waals surface area contributed by atoms with Crippen LogP contribution in [-0.4, -0.2) is 8.29 Å². The maximum atomic E-state index is 6.96. The van der Waals surface area contributed by atoms with Gasteiger partial charge in [-0.15, -0.1) is 0 Å². The zero-order chi connectivity index (χ0) is 57.9.